The fraction of sp³-hybridized carbons (Fsp3) is 0.684. The number of para-hydroxylation sites is 1. The second-order valence-electron chi connectivity index (χ2n) is 6.93. The topological polar surface area (TPSA) is 3.24 Å². The van der Waals surface area contributed by atoms with Gasteiger partial charge in [0.1, 0.15) is 0 Å². The van der Waals surface area contributed by atoms with Gasteiger partial charge in [0.2, 0.25) is 0 Å². The van der Waals surface area contributed by atoms with E-state index in [1.807, 2.05) is 0 Å². The van der Waals surface area contributed by atoms with E-state index < -0.39 is 0 Å². The first kappa shape index (κ1) is 15.4. The van der Waals surface area contributed by atoms with Crippen molar-refractivity contribution in [2.75, 3.05) is 4.90 Å². The van der Waals surface area contributed by atoms with Crippen molar-refractivity contribution in [3.8, 4) is 0 Å². The van der Waals surface area contributed by atoms with Crippen molar-refractivity contribution in [3.05, 3.63) is 29.8 Å². The van der Waals surface area contributed by atoms with Crippen LogP contribution in [0.25, 0.3) is 0 Å². The molecule has 0 aromatic heterocycles. The van der Waals surface area contributed by atoms with Gasteiger partial charge in [-0.25, -0.2) is 0 Å². The highest BCUT2D eigenvalue weighted by atomic mass is 15.2. The lowest BCUT2D eigenvalue weighted by Gasteiger charge is -2.35. The second-order valence-corrected chi connectivity index (χ2v) is 6.93. The highest BCUT2D eigenvalue weighted by Gasteiger charge is 2.20. The van der Waals surface area contributed by atoms with Crippen molar-refractivity contribution in [2.45, 2.75) is 78.3 Å². The van der Waals surface area contributed by atoms with Crippen LogP contribution in [0, 0.1) is 5.92 Å². The molecule has 0 aliphatic heterocycles. The molecule has 0 bridgehead atoms. The van der Waals surface area contributed by atoms with Crippen LogP contribution >= 0.6 is 0 Å². The maximum atomic E-state index is 2.57. The van der Waals surface area contributed by atoms with Gasteiger partial charge in [0, 0.05) is 17.8 Å². The van der Waals surface area contributed by atoms with Crippen LogP contribution in [0.2, 0.25) is 0 Å². The first-order valence-electron chi connectivity index (χ1n) is 8.46. The average molecular weight is 273 g/mol. The van der Waals surface area contributed by atoms with Gasteiger partial charge in [-0.05, 0) is 51.7 Å². The molecule has 1 saturated carbocycles. The molecule has 1 aromatic rings. The monoisotopic (exact) mass is 273 g/mol. The highest BCUT2D eigenvalue weighted by Crippen LogP contribution is 2.32. The summed E-state index contributed by atoms with van der Waals surface area (Å²) in [4.78, 5) is 2.57. The lowest BCUT2D eigenvalue weighted by molar-refractivity contribution is 0.356. The summed E-state index contributed by atoms with van der Waals surface area (Å²) < 4.78 is 0. The molecule has 0 N–H and O–H groups in total. The molecule has 0 radical (unpaired) electrons. The number of benzene rings is 1. The van der Waals surface area contributed by atoms with Gasteiger partial charge in [-0.2, -0.15) is 0 Å². The Kier molecular flexibility index (Phi) is 5.51. The first-order valence-corrected chi connectivity index (χ1v) is 8.46. The van der Waals surface area contributed by atoms with Crippen molar-refractivity contribution in [3.63, 3.8) is 0 Å². The SMILES string of the molecule is CC(C)N(c1ccccc1CC1CCCCC1)C(C)C. The average Bonchev–Trinajstić information content (AvgIpc) is 2.41. The Morgan fingerprint density at radius 1 is 0.950 bits per heavy atom. The Bertz CT molecular complexity index is 394. The van der Waals surface area contributed by atoms with Crippen LogP contribution in [-0.2, 0) is 6.42 Å². The van der Waals surface area contributed by atoms with Gasteiger partial charge >= 0.3 is 0 Å². The Balaban J connectivity index is 2.20. The molecular weight excluding hydrogens is 242 g/mol. The van der Waals surface area contributed by atoms with Crippen molar-refractivity contribution >= 4 is 5.69 Å². The van der Waals surface area contributed by atoms with Gasteiger partial charge < -0.3 is 4.90 Å². The zero-order valence-corrected chi connectivity index (χ0v) is 13.7. The summed E-state index contributed by atoms with van der Waals surface area (Å²) in [6, 6.07) is 10.2. The van der Waals surface area contributed by atoms with Crippen molar-refractivity contribution < 1.29 is 0 Å². The number of hydrogen-bond acceptors (Lipinski definition) is 1. The van der Waals surface area contributed by atoms with E-state index in [0.717, 1.165) is 5.92 Å². The number of anilines is 1. The summed E-state index contributed by atoms with van der Waals surface area (Å²) in [5.74, 6) is 0.908. The van der Waals surface area contributed by atoms with Crippen LogP contribution in [0.3, 0.4) is 0 Å². The van der Waals surface area contributed by atoms with Crippen molar-refractivity contribution in [1.82, 2.24) is 0 Å². The fourth-order valence-electron chi connectivity index (χ4n) is 3.79. The third kappa shape index (κ3) is 3.77. The van der Waals surface area contributed by atoms with E-state index in [1.165, 1.54) is 44.2 Å². The molecule has 0 atom stereocenters. The van der Waals surface area contributed by atoms with Crippen LogP contribution in [0.15, 0.2) is 24.3 Å². The van der Waals surface area contributed by atoms with E-state index in [0.29, 0.717) is 12.1 Å². The van der Waals surface area contributed by atoms with Gasteiger partial charge in [0.25, 0.3) is 0 Å². The number of hydrogen-bond donors (Lipinski definition) is 0. The molecule has 112 valence electrons. The molecule has 0 saturated heterocycles. The van der Waals surface area contributed by atoms with Crippen LogP contribution < -0.4 is 4.90 Å². The summed E-state index contributed by atoms with van der Waals surface area (Å²) >= 11 is 0. The van der Waals surface area contributed by atoms with Crippen LogP contribution in [0.1, 0.15) is 65.4 Å². The zero-order valence-electron chi connectivity index (χ0n) is 13.7. The van der Waals surface area contributed by atoms with Gasteiger partial charge in [-0.1, -0.05) is 50.3 Å². The van der Waals surface area contributed by atoms with E-state index in [9.17, 15) is 0 Å². The molecular formula is C19H31N. The predicted molar refractivity (Wildman–Crippen MR) is 89.5 cm³/mol. The van der Waals surface area contributed by atoms with Gasteiger partial charge in [-0.15, -0.1) is 0 Å². The summed E-state index contributed by atoms with van der Waals surface area (Å²) in [6.45, 7) is 9.21. The third-order valence-corrected chi connectivity index (χ3v) is 4.62. The minimum atomic E-state index is 0.558. The number of rotatable bonds is 5. The Hall–Kier alpha value is -0.980. The van der Waals surface area contributed by atoms with Crippen molar-refractivity contribution in [1.29, 1.82) is 0 Å². The highest BCUT2D eigenvalue weighted by molar-refractivity contribution is 5.55. The van der Waals surface area contributed by atoms with E-state index in [1.54, 1.807) is 5.56 Å². The maximum Gasteiger partial charge on any atom is 0.0403 e. The zero-order chi connectivity index (χ0) is 14.5. The molecule has 0 unspecified atom stereocenters. The normalized spacial score (nSPS) is 16.9. The van der Waals surface area contributed by atoms with E-state index in [-0.39, 0.29) is 0 Å². The molecule has 1 aliphatic carbocycles. The minimum Gasteiger partial charge on any atom is -0.366 e. The Morgan fingerprint density at radius 3 is 2.15 bits per heavy atom. The molecule has 0 spiro atoms. The summed E-state index contributed by atoms with van der Waals surface area (Å²) in [5.41, 5.74) is 3.02. The van der Waals surface area contributed by atoms with E-state index >= 15 is 0 Å². The summed E-state index contributed by atoms with van der Waals surface area (Å²) in [6.07, 6.45) is 8.44. The first-order chi connectivity index (χ1) is 9.59. The maximum absolute atomic E-state index is 2.57. The Labute approximate surface area is 125 Å². The largest absolute Gasteiger partial charge is 0.366 e. The quantitative estimate of drug-likeness (QED) is 0.691. The number of nitrogens with zero attached hydrogens (tertiary/aromatic N) is 1. The van der Waals surface area contributed by atoms with Crippen LogP contribution in [-0.4, -0.2) is 12.1 Å². The molecule has 1 nitrogen and oxygen atoms in total. The summed E-state index contributed by atoms with van der Waals surface area (Å²) in [7, 11) is 0. The van der Waals surface area contributed by atoms with Gasteiger partial charge in [0.05, 0.1) is 0 Å². The van der Waals surface area contributed by atoms with Gasteiger partial charge in [-0.3, -0.25) is 0 Å². The molecule has 0 amide bonds. The lowest BCUT2D eigenvalue weighted by Crippen LogP contribution is -2.37. The predicted octanol–water partition coefficient (Wildman–Crippen LogP) is 5.43. The minimum absolute atomic E-state index is 0.558. The molecule has 1 fully saturated rings. The molecule has 1 heteroatoms. The molecule has 2 rings (SSSR count). The second kappa shape index (κ2) is 7.15. The molecule has 1 aliphatic rings. The molecule has 0 heterocycles. The molecule has 20 heavy (non-hydrogen) atoms. The standard InChI is InChI=1S/C19H31N/c1-15(2)20(16(3)4)19-13-9-8-12-18(19)14-17-10-6-5-7-11-17/h8-9,12-13,15-17H,5-7,10-11,14H2,1-4H3. The fourth-order valence-corrected chi connectivity index (χ4v) is 3.79. The Morgan fingerprint density at radius 2 is 1.55 bits per heavy atom. The van der Waals surface area contributed by atoms with Crippen LogP contribution in [0.4, 0.5) is 5.69 Å². The van der Waals surface area contributed by atoms with Crippen LogP contribution in [0.5, 0.6) is 0 Å². The molecule has 1 aromatic carbocycles. The van der Waals surface area contributed by atoms with E-state index in [4.69, 9.17) is 0 Å². The van der Waals surface area contributed by atoms with E-state index in [2.05, 4.69) is 56.9 Å². The van der Waals surface area contributed by atoms with Gasteiger partial charge in [0.15, 0.2) is 0 Å². The van der Waals surface area contributed by atoms with Crippen molar-refractivity contribution in [2.24, 2.45) is 5.92 Å². The smallest absolute Gasteiger partial charge is 0.0403 e. The lowest BCUT2D eigenvalue weighted by atomic mass is 9.84. The third-order valence-electron chi connectivity index (χ3n) is 4.62. The summed E-state index contributed by atoms with van der Waals surface area (Å²) in [5, 5.41) is 0.